The van der Waals surface area contributed by atoms with Gasteiger partial charge in [0.1, 0.15) is 5.82 Å². The van der Waals surface area contributed by atoms with Crippen LogP contribution in [-0.4, -0.2) is 22.7 Å². The highest BCUT2D eigenvalue weighted by atomic mass is 16.3. The summed E-state index contributed by atoms with van der Waals surface area (Å²) in [6.07, 6.45) is 0.321. The summed E-state index contributed by atoms with van der Waals surface area (Å²) in [5.41, 5.74) is 1.37. The van der Waals surface area contributed by atoms with Gasteiger partial charge in [0, 0.05) is 12.2 Å². The van der Waals surface area contributed by atoms with E-state index >= 15 is 0 Å². The van der Waals surface area contributed by atoms with Gasteiger partial charge in [-0.3, -0.25) is 0 Å². The van der Waals surface area contributed by atoms with Crippen molar-refractivity contribution in [2.75, 3.05) is 11.9 Å². The molecule has 80 valence electrons. The Morgan fingerprint density at radius 3 is 2.93 bits per heavy atom. The van der Waals surface area contributed by atoms with Crippen LogP contribution < -0.4 is 5.32 Å². The lowest BCUT2D eigenvalue weighted by atomic mass is 10.2. The summed E-state index contributed by atoms with van der Waals surface area (Å²) in [6.45, 7) is 4.21. The minimum atomic E-state index is -0.377. The molecule has 1 atom stereocenters. The van der Waals surface area contributed by atoms with Crippen LogP contribution in [0.15, 0.2) is 12.1 Å². The van der Waals surface area contributed by atoms with Crippen LogP contribution >= 0.6 is 0 Å². The van der Waals surface area contributed by atoms with Gasteiger partial charge in [-0.2, -0.15) is 5.26 Å². The van der Waals surface area contributed by atoms with E-state index in [2.05, 4.69) is 16.4 Å². The fraction of sp³-hybridized carbons (Fsp3) is 0.455. The van der Waals surface area contributed by atoms with Gasteiger partial charge >= 0.3 is 0 Å². The van der Waals surface area contributed by atoms with Gasteiger partial charge in [0.15, 0.2) is 0 Å². The smallest absolute Gasteiger partial charge is 0.127 e. The van der Waals surface area contributed by atoms with Crippen LogP contribution in [0.1, 0.15) is 24.6 Å². The quantitative estimate of drug-likeness (QED) is 0.780. The standard InChI is InChI=1S/C11H15N3O/c1-3-10(15)7-13-11-5-9(6-12)4-8(2)14-11/h4-5,10,15H,3,7H2,1-2H3,(H,13,14). The summed E-state index contributed by atoms with van der Waals surface area (Å²) in [5, 5.41) is 21.1. The van der Waals surface area contributed by atoms with Crippen LogP contribution in [0, 0.1) is 18.3 Å². The average Bonchev–Trinajstić information content (AvgIpc) is 2.25. The van der Waals surface area contributed by atoms with E-state index in [9.17, 15) is 5.11 Å². The van der Waals surface area contributed by atoms with Crippen LogP contribution in [0.4, 0.5) is 5.82 Å². The van der Waals surface area contributed by atoms with Gasteiger partial charge in [0.25, 0.3) is 0 Å². The number of pyridine rings is 1. The first-order valence-corrected chi connectivity index (χ1v) is 4.96. The van der Waals surface area contributed by atoms with E-state index in [1.54, 1.807) is 12.1 Å². The average molecular weight is 205 g/mol. The molecule has 1 aromatic heterocycles. The number of aryl methyl sites for hydroxylation is 1. The van der Waals surface area contributed by atoms with Crippen LogP contribution in [0.25, 0.3) is 0 Å². The number of hydrogen-bond acceptors (Lipinski definition) is 4. The summed E-state index contributed by atoms with van der Waals surface area (Å²) in [4.78, 5) is 4.21. The molecular weight excluding hydrogens is 190 g/mol. The molecule has 0 saturated heterocycles. The SMILES string of the molecule is CCC(O)CNc1cc(C#N)cc(C)n1. The maximum absolute atomic E-state index is 9.36. The van der Waals surface area contributed by atoms with Crippen molar-refractivity contribution in [3.05, 3.63) is 23.4 Å². The first-order chi connectivity index (χ1) is 7.15. The molecule has 4 heteroatoms. The first kappa shape index (κ1) is 11.5. The summed E-state index contributed by atoms with van der Waals surface area (Å²) in [5.74, 6) is 0.638. The van der Waals surface area contributed by atoms with Gasteiger partial charge in [-0.05, 0) is 25.5 Å². The summed E-state index contributed by atoms with van der Waals surface area (Å²) < 4.78 is 0. The van der Waals surface area contributed by atoms with Gasteiger partial charge in [-0.25, -0.2) is 4.98 Å². The summed E-state index contributed by atoms with van der Waals surface area (Å²) in [6, 6.07) is 5.47. The van der Waals surface area contributed by atoms with E-state index in [0.717, 1.165) is 5.69 Å². The molecule has 0 aliphatic heterocycles. The Morgan fingerprint density at radius 1 is 1.60 bits per heavy atom. The predicted octanol–water partition coefficient (Wildman–Crippen LogP) is 1.44. The maximum atomic E-state index is 9.36. The molecule has 1 aromatic rings. The van der Waals surface area contributed by atoms with Gasteiger partial charge in [-0.1, -0.05) is 6.92 Å². The lowest BCUT2D eigenvalue weighted by Gasteiger charge is -2.10. The lowest BCUT2D eigenvalue weighted by Crippen LogP contribution is -2.18. The topological polar surface area (TPSA) is 68.9 Å². The zero-order valence-electron chi connectivity index (χ0n) is 8.99. The molecule has 1 unspecified atom stereocenters. The molecule has 0 aliphatic rings. The predicted molar refractivity (Wildman–Crippen MR) is 58.5 cm³/mol. The van der Waals surface area contributed by atoms with Crippen LogP contribution in [-0.2, 0) is 0 Å². The molecule has 15 heavy (non-hydrogen) atoms. The number of nitriles is 1. The monoisotopic (exact) mass is 205 g/mol. The normalized spacial score (nSPS) is 11.9. The molecular formula is C11H15N3O. The van der Waals surface area contributed by atoms with Gasteiger partial charge in [-0.15, -0.1) is 0 Å². The van der Waals surface area contributed by atoms with Crippen molar-refractivity contribution in [3.63, 3.8) is 0 Å². The van der Waals surface area contributed by atoms with Gasteiger partial charge in [0.05, 0.1) is 17.7 Å². The Morgan fingerprint density at radius 2 is 2.33 bits per heavy atom. The molecule has 0 fully saturated rings. The van der Waals surface area contributed by atoms with Gasteiger partial charge in [0.2, 0.25) is 0 Å². The fourth-order valence-corrected chi connectivity index (χ4v) is 1.19. The van der Waals surface area contributed by atoms with E-state index < -0.39 is 0 Å². The van der Waals surface area contributed by atoms with E-state index in [-0.39, 0.29) is 6.10 Å². The molecule has 0 aliphatic carbocycles. The van der Waals surface area contributed by atoms with Crippen LogP contribution in [0.2, 0.25) is 0 Å². The number of aliphatic hydroxyl groups excluding tert-OH is 1. The van der Waals surface area contributed by atoms with Gasteiger partial charge < -0.3 is 10.4 Å². The van der Waals surface area contributed by atoms with Crippen molar-refractivity contribution in [1.29, 1.82) is 5.26 Å². The molecule has 0 aromatic carbocycles. The Hall–Kier alpha value is -1.60. The summed E-state index contributed by atoms with van der Waals surface area (Å²) >= 11 is 0. The van der Waals surface area contributed by atoms with Crippen molar-refractivity contribution < 1.29 is 5.11 Å². The van der Waals surface area contributed by atoms with E-state index in [1.165, 1.54) is 0 Å². The Bertz CT molecular complexity index is 371. The Balaban J connectivity index is 2.69. The Labute approximate surface area is 89.6 Å². The maximum Gasteiger partial charge on any atom is 0.127 e. The highest BCUT2D eigenvalue weighted by Gasteiger charge is 2.02. The lowest BCUT2D eigenvalue weighted by molar-refractivity contribution is 0.183. The number of aromatic nitrogens is 1. The zero-order chi connectivity index (χ0) is 11.3. The minimum Gasteiger partial charge on any atom is -0.391 e. The molecule has 0 radical (unpaired) electrons. The number of aliphatic hydroxyl groups is 1. The second kappa shape index (κ2) is 5.32. The van der Waals surface area contributed by atoms with Crippen molar-refractivity contribution in [2.45, 2.75) is 26.4 Å². The largest absolute Gasteiger partial charge is 0.391 e. The third-order valence-corrected chi connectivity index (χ3v) is 2.07. The van der Waals surface area contributed by atoms with E-state index in [0.29, 0.717) is 24.3 Å². The van der Waals surface area contributed by atoms with E-state index in [1.807, 2.05) is 13.8 Å². The molecule has 0 spiro atoms. The highest BCUT2D eigenvalue weighted by molar-refractivity contribution is 5.44. The molecule has 2 N–H and O–H groups in total. The van der Waals surface area contributed by atoms with Crippen molar-refractivity contribution in [3.8, 4) is 6.07 Å². The number of nitrogens with zero attached hydrogens (tertiary/aromatic N) is 2. The van der Waals surface area contributed by atoms with Crippen molar-refractivity contribution >= 4 is 5.82 Å². The van der Waals surface area contributed by atoms with Crippen LogP contribution in [0.5, 0.6) is 0 Å². The Kier molecular flexibility index (Phi) is 4.07. The number of nitrogens with one attached hydrogen (secondary N) is 1. The second-order valence-corrected chi connectivity index (χ2v) is 3.44. The molecule has 0 amide bonds. The van der Waals surface area contributed by atoms with E-state index in [4.69, 9.17) is 5.26 Å². The summed E-state index contributed by atoms with van der Waals surface area (Å²) in [7, 11) is 0. The first-order valence-electron chi connectivity index (χ1n) is 4.96. The highest BCUT2D eigenvalue weighted by Crippen LogP contribution is 2.09. The fourth-order valence-electron chi connectivity index (χ4n) is 1.19. The second-order valence-electron chi connectivity index (χ2n) is 3.44. The number of hydrogen-bond donors (Lipinski definition) is 2. The molecule has 1 rings (SSSR count). The molecule has 1 heterocycles. The van der Waals surface area contributed by atoms with Crippen molar-refractivity contribution in [2.24, 2.45) is 0 Å². The molecule has 0 bridgehead atoms. The van der Waals surface area contributed by atoms with Crippen molar-refractivity contribution in [1.82, 2.24) is 4.98 Å². The minimum absolute atomic E-state index is 0.377. The number of anilines is 1. The van der Waals surface area contributed by atoms with Crippen LogP contribution in [0.3, 0.4) is 0 Å². The number of rotatable bonds is 4. The molecule has 0 saturated carbocycles. The third kappa shape index (κ3) is 3.56. The zero-order valence-corrected chi connectivity index (χ0v) is 8.99. The third-order valence-electron chi connectivity index (χ3n) is 2.07. The molecule has 4 nitrogen and oxygen atoms in total.